The molecule has 0 atom stereocenters. The highest BCUT2D eigenvalue weighted by atomic mass is 16.5. The van der Waals surface area contributed by atoms with E-state index in [4.69, 9.17) is 15.6 Å². The molecule has 0 aliphatic carbocycles. The summed E-state index contributed by atoms with van der Waals surface area (Å²) in [7, 11) is 1.62. The van der Waals surface area contributed by atoms with Crippen LogP contribution in [0.4, 0.5) is 0 Å². The second kappa shape index (κ2) is 8.19. The van der Waals surface area contributed by atoms with Crippen molar-refractivity contribution in [3.05, 3.63) is 0 Å². The third kappa shape index (κ3) is 7.90. The van der Waals surface area contributed by atoms with Crippen LogP contribution >= 0.6 is 0 Å². The van der Waals surface area contributed by atoms with Crippen molar-refractivity contribution in [3.63, 3.8) is 0 Å². The molecule has 3 N–H and O–H groups in total. The summed E-state index contributed by atoms with van der Waals surface area (Å²) in [4.78, 5) is 23.0. The van der Waals surface area contributed by atoms with Crippen molar-refractivity contribution >= 4 is 11.9 Å². The first kappa shape index (κ1) is 13.9. The molecule has 1 amide bonds. The van der Waals surface area contributed by atoms with Crippen LogP contribution in [0.3, 0.4) is 0 Å². The Hall–Kier alpha value is -1.14. The average molecular weight is 218 g/mol. The molecule has 0 radical (unpaired) electrons. The van der Waals surface area contributed by atoms with Crippen LogP contribution in [0, 0.1) is 0 Å². The molecule has 88 valence electrons. The van der Waals surface area contributed by atoms with Gasteiger partial charge in [0.05, 0.1) is 6.61 Å². The Balaban J connectivity index is 3.55. The molecule has 0 aromatic rings. The molecule has 0 aliphatic rings. The molecule has 0 saturated carbocycles. The Morgan fingerprint density at radius 2 is 2.13 bits per heavy atom. The minimum atomic E-state index is -0.852. The molecule has 0 aromatic carbocycles. The summed E-state index contributed by atoms with van der Waals surface area (Å²) in [6.45, 7) is 1.17. The number of carboxylic acid groups (broad SMARTS) is 1. The van der Waals surface area contributed by atoms with Gasteiger partial charge in [0.25, 0.3) is 0 Å². The fraction of sp³-hybridized carbons (Fsp3) is 0.778. The molecular formula is C9H18N2O4. The Kier molecular flexibility index (Phi) is 7.57. The molecule has 0 aliphatic heterocycles. The number of ether oxygens (including phenoxy) is 1. The van der Waals surface area contributed by atoms with Crippen LogP contribution in [0.25, 0.3) is 0 Å². The third-order valence-corrected chi connectivity index (χ3v) is 1.80. The summed E-state index contributed by atoms with van der Waals surface area (Å²) in [6, 6.07) is 0. The lowest BCUT2D eigenvalue weighted by Gasteiger charge is -2.16. The zero-order valence-electron chi connectivity index (χ0n) is 8.94. The van der Waals surface area contributed by atoms with Gasteiger partial charge in [0, 0.05) is 26.6 Å². The predicted octanol–water partition coefficient (Wildman–Crippen LogP) is -0.715. The highest BCUT2D eigenvalue weighted by Crippen LogP contribution is 1.94. The van der Waals surface area contributed by atoms with Gasteiger partial charge in [-0.3, -0.25) is 9.59 Å². The minimum absolute atomic E-state index is 0.000765. The smallest absolute Gasteiger partial charge is 0.303 e. The number of nitrogens with zero attached hydrogens (tertiary/aromatic N) is 1. The van der Waals surface area contributed by atoms with Crippen LogP contribution in [0.15, 0.2) is 0 Å². The summed E-state index contributed by atoms with van der Waals surface area (Å²) in [5.74, 6) is -1.01. The van der Waals surface area contributed by atoms with E-state index < -0.39 is 5.97 Å². The molecule has 15 heavy (non-hydrogen) atoms. The number of hydrogen-bond acceptors (Lipinski definition) is 4. The third-order valence-electron chi connectivity index (χ3n) is 1.80. The van der Waals surface area contributed by atoms with E-state index in [1.165, 1.54) is 4.90 Å². The van der Waals surface area contributed by atoms with Gasteiger partial charge < -0.3 is 20.5 Å². The average Bonchev–Trinajstić information content (AvgIpc) is 2.17. The number of likely N-dealkylation sites (N-methyl/N-ethyl adjacent to an activating group) is 1. The van der Waals surface area contributed by atoms with Crippen molar-refractivity contribution in [3.8, 4) is 0 Å². The van der Waals surface area contributed by atoms with Gasteiger partial charge in [0.2, 0.25) is 5.91 Å². The lowest BCUT2D eigenvalue weighted by molar-refractivity contribution is -0.138. The first-order chi connectivity index (χ1) is 7.07. The Morgan fingerprint density at radius 1 is 1.47 bits per heavy atom. The van der Waals surface area contributed by atoms with Gasteiger partial charge in [-0.1, -0.05) is 0 Å². The van der Waals surface area contributed by atoms with E-state index in [9.17, 15) is 9.59 Å². The van der Waals surface area contributed by atoms with Gasteiger partial charge in [-0.25, -0.2) is 0 Å². The molecule has 6 heteroatoms. The highest BCUT2D eigenvalue weighted by molar-refractivity contribution is 5.77. The van der Waals surface area contributed by atoms with Crippen molar-refractivity contribution < 1.29 is 19.4 Å². The van der Waals surface area contributed by atoms with E-state index in [1.807, 2.05) is 0 Å². The maximum atomic E-state index is 11.3. The van der Waals surface area contributed by atoms with Crippen molar-refractivity contribution in [2.45, 2.75) is 12.8 Å². The summed E-state index contributed by atoms with van der Waals surface area (Å²) >= 11 is 0. The summed E-state index contributed by atoms with van der Waals surface area (Å²) in [5, 5.41) is 8.40. The van der Waals surface area contributed by atoms with Crippen LogP contribution in [-0.2, 0) is 14.3 Å². The molecule has 0 rings (SSSR count). The van der Waals surface area contributed by atoms with E-state index in [0.29, 0.717) is 26.1 Å². The number of carboxylic acids is 1. The van der Waals surface area contributed by atoms with Crippen molar-refractivity contribution in [1.29, 1.82) is 0 Å². The van der Waals surface area contributed by atoms with Crippen molar-refractivity contribution in [1.82, 2.24) is 4.90 Å². The van der Waals surface area contributed by atoms with Crippen LogP contribution in [0.1, 0.15) is 12.8 Å². The maximum Gasteiger partial charge on any atom is 0.303 e. The summed E-state index contributed by atoms with van der Waals surface area (Å²) < 4.78 is 4.96. The monoisotopic (exact) mass is 218 g/mol. The van der Waals surface area contributed by atoms with Crippen LogP contribution in [-0.4, -0.2) is 55.2 Å². The number of carbonyl (C=O) groups excluding carboxylic acids is 1. The van der Waals surface area contributed by atoms with E-state index in [2.05, 4.69) is 0 Å². The standard InChI is InChI=1S/C9H18N2O4/c1-11(5-2-3-9(13)14)8(12)7-15-6-4-10/h2-7,10H2,1H3,(H,13,14). The Labute approximate surface area is 89.0 Å². The molecule has 0 aromatic heterocycles. The number of hydrogen-bond donors (Lipinski definition) is 2. The van der Waals surface area contributed by atoms with Gasteiger partial charge in [-0.15, -0.1) is 0 Å². The van der Waals surface area contributed by atoms with Gasteiger partial charge in [-0.2, -0.15) is 0 Å². The highest BCUT2D eigenvalue weighted by Gasteiger charge is 2.08. The molecule has 0 unspecified atom stereocenters. The van der Waals surface area contributed by atoms with Crippen molar-refractivity contribution in [2.24, 2.45) is 5.73 Å². The molecule has 6 nitrogen and oxygen atoms in total. The largest absolute Gasteiger partial charge is 0.481 e. The Bertz CT molecular complexity index is 208. The molecule has 0 bridgehead atoms. The molecule has 0 heterocycles. The minimum Gasteiger partial charge on any atom is -0.481 e. The zero-order chi connectivity index (χ0) is 11.7. The fourth-order valence-electron chi connectivity index (χ4n) is 0.945. The fourth-order valence-corrected chi connectivity index (χ4v) is 0.945. The molecular weight excluding hydrogens is 200 g/mol. The first-order valence-corrected chi connectivity index (χ1v) is 4.81. The second-order valence-electron chi connectivity index (χ2n) is 3.15. The number of amides is 1. The molecule has 0 spiro atoms. The topological polar surface area (TPSA) is 92.9 Å². The second-order valence-corrected chi connectivity index (χ2v) is 3.15. The number of rotatable bonds is 8. The lowest BCUT2D eigenvalue weighted by Crippen LogP contribution is -2.32. The van der Waals surface area contributed by atoms with E-state index in [1.54, 1.807) is 7.05 Å². The van der Waals surface area contributed by atoms with E-state index >= 15 is 0 Å². The lowest BCUT2D eigenvalue weighted by atomic mass is 10.3. The van der Waals surface area contributed by atoms with Crippen LogP contribution in [0.2, 0.25) is 0 Å². The normalized spacial score (nSPS) is 10.0. The van der Waals surface area contributed by atoms with Gasteiger partial charge in [-0.05, 0) is 6.42 Å². The van der Waals surface area contributed by atoms with Crippen LogP contribution in [0.5, 0.6) is 0 Å². The maximum absolute atomic E-state index is 11.3. The van der Waals surface area contributed by atoms with Crippen molar-refractivity contribution in [2.75, 3.05) is 33.4 Å². The Morgan fingerprint density at radius 3 is 2.67 bits per heavy atom. The molecule has 0 saturated heterocycles. The SMILES string of the molecule is CN(CCCC(=O)O)C(=O)COCCN. The van der Waals surface area contributed by atoms with E-state index in [-0.39, 0.29) is 18.9 Å². The zero-order valence-corrected chi connectivity index (χ0v) is 8.94. The van der Waals surface area contributed by atoms with Gasteiger partial charge in [0.15, 0.2) is 0 Å². The van der Waals surface area contributed by atoms with Gasteiger partial charge >= 0.3 is 5.97 Å². The quantitative estimate of drug-likeness (QED) is 0.525. The number of nitrogens with two attached hydrogens (primary N) is 1. The predicted molar refractivity (Wildman–Crippen MR) is 54.4 cm³/mol. The number of aliphatic carboxylic acids is 1. The van der Waals surface area contributed by atoms with Gasteiger partial charge in [0.1, 0.15) is 6.61 Å². The summed E-state index contributed by atoms with van der Waals surface area (Å²) in [5.41, 5.74) is 5.19. The van der Waals surface area contributed by atoms with Crippen LogP contribution < -0.4 is 5.73 Å². The summed E-state index contributed by atoms with van der Waals surface area (Å²) in [6.07, 6.45) is 0.524. The van der Waals surface area contributed by atoms with E-state index in [0.717, 1.165) is 0 Å². The first-order valence-electron chi connectivity index (χ1n) is 4.81. The number of carbonyl (C=O) groups is 2. The molecule has 0 fully saturated rings.